The molecule has 2 aromatic rings. The van der Waals surface area contributed by atoms with Crippen molar-refractivity contribution in [2.45, 2.75) is 26.7 Å². The second-order valence-corrected chi connectivity index (χ2v) is 6.69. The summed E-state index contributed by atoms with van der Waals surface area (Å²) < 4.78 is 5.61. The molecule has 4 nitrogen and oxygen atoms in total. The first-order valence-electron chi connectivity index (χ1n) is 8.29. The number of carbonyl (C=O) groups excluding carboxylic acids is 2. The third kappa shape index (κ3) is 3.85. The van der Waals surface area contributed by atoms with E-state index < -0.39 is 0 Å². The molecule has 0 aliphatic carbocycles. The summed E-state index contributed by atoms with van der Waals surface area (Å²) in [5, 5.41) is 0.701. The highest BCUT2D eigenvalue weighted by Crippen LogP contribution is 2.33. The largest absolute Gasteiger partial charge is 0.484 e. The van der Waals surface area contributed by atoms with Crippen molar-refractivity contribution in [2.24, 2.45) is 0 Å². The average molecular weight is 358 g/mol. The van der Waals surface area contributed by atoms with Crippen molar-refractivity contribution >= 4 is 29.0 Å². The Morgan fingerprint density at radius 3 is 2.60 bits per heavy atom. The van der Waals surface area contributed by atoms with Crippen molar-refractivity contribution in [1.82, 2.24) is 0 Å². The fourth-order valence-electron chi connectivity index (χ4n) is 3.18. The lowest BCUT2D eigenvalue weighted by Gasteiger charge is -2.31. The maximum absolute atomic E-state index is 12.7. The number of amides is 1. The quantitative estimate of drug-likeness (QED) is 0.770. The molecule has 0 bridgehead atoms. The minimum atomic E-state index is -0.0815. The number of aryl methyl sites for hydroxylation is 2. The Balaban J connectivity index is 1.71. The molecule has 0 N–H and O–H groups in total. The van der Waals surface area contributed by atoms with E-state index >= 15 is 0 Å². The van der Waals surface area contributed by atoms with Gasteiger partial charge in [-0.1, -0.05) is 11.6 Å². The summed E-state index contributed by atoms with van der Waals surface area (Å²) in [6.45, 7) is 4.13. The third-order valence-electron chi connectivity index (χ3n) is 4.37. The summed E-state index contributed by atoms with van der Waals surface area (Å²) in [5.41, 5.74) is 3.68. The van der Waals surface area contributed by atoms with Crippen molar-refractivity contribution in [3.05, 3.63) is 58.1 Å². The molecule has 1 aliphatic rings. The fourth-order valence-corrected chi connectivity index (χ4v) is 3.47. The second-order valence-electron chi connectivity index (χ2n) is 6.25. The Hall–Kier alpha value is -2.33. The van der Waals surface area contributed by atoms with E-state index in [1.54, 1.807) is 29.2 Å². The number of anilines is 1. The maximum Gasteiger partial charge on any atom is 0.264 e. The summed E-state index contributed by atoms with van der Waals surface area (Å²) in [7, 11) is 0. The van der Waals surface area contributed by atoms with Gasteiger partial charge in [-0.25, -0.2) is 0 Å². The first-order chi connectivity index (χ1) is 12.0. The van der Waals surface area contributed by atoms with Gasteiger partial charge in [0.05, 0.1) is 0 Å². The van der Waals surface area contributed by atoms with Gasteiger partial charge in [0.1, 0.15) is 5.75 Å². The van der Waals surface area contributed by atoms with Gasteiger partial charge >= 0.3 is 0 Å². The molecule has 0 saturated heterocycles. The number of ketones is 1. The lowest BCUT2D eigenvalue weighted by Crippen LogP contribution is -2.39. The van der Waals surface area contributed by atoms with E-state index in [0.717, 1.165) is 29.7 Å². The van der Waals surface area contributed by atoms with Gasteiger partial charge in [0.2, 0.25) is 0 Å². The molecule has 1 amide bonds. The average Bonchev–Trinajstić information content (AvgIpc) is 2.59. The summed E-state index contributed by atoms with van der Waals surface area (Å²) in [6, 6.07) is 10.6. The van der Waals surface area contributed by atoms with Crippen LogP contribution in [0.25, 0.3) is 0 Å². The van der Waals surface area contributed by atoms with Crippen molar-refractivity contribution in [3.8, 4) is 5.75 Å². The molecule has 0 fully saturated rings. The zero-order valence-electron chi connectivity index (χ0n) is 14.3. The molecule has 0 atom stereocenters. The predicted molar refractivity (Wildman–Crippen MR) is 98.8 cm³/mol. The third-order valence-corrected chi connectivity index (χ3v) is 4.58. The molecule has 25 heavy (non-hydrogen) atoms. The molecule has 130 valence electrons. The highest BCUT2D eigenvalue weighted by atomic mass is 35.5. The normalized spacial score (nSPS) is 13.3. The Kier molecular flexibility index (Phi) is 5.09. The summed E-state index contributed by atoms with van der Waals surface area (Å²) >= 11 is 6.13. The van der Waals surface area contributed by atoms with Crippen LogP contribution < -0.4 is 9.64 Å². The number of hydrogen-bond acceptors (Lipinski definition) is 3. The molecule has 3 rings (SSSR count). The number of carbonyl (C=O) groups is 2. The Bertz CT molecular complexity index is 814. The first kappa shape index (κ1) is 17.5. The smallest absolute Gasteiger partial charge is 0.264 e. The van der Waals surface area contributed by atoms with Gasteiger partial charge in [0.25, 0.3) is 5.91 Å². The molecule has 1 aliphatic heterocycles. The Morgan fingerprint density at radius 2 is 1.92 bits per heavy atom. The number of hydrogen-bond donors (Lipinski definition) is 0. The van der Waals surface area contributed by atoms with Gasteiger partial charge in [0, 0.05) is 22.8 Å². The Labute approximate surface area is 152 Å². The molecule has 1 heterocycles. The zero-order chi connectivity index (χ0) is 18.0. The zero-order valence-corrected chi connectivity index (χ0v) is 15.1. The minimum absolute atomic E-state index is 0.00156. The van der Waals surface area contributed by atoms with Crippen LogP contribution in [0.1, 0.15) is 34.8 Å². The molecular weight excluding hydrogens is 338 g/mol. The van der Waals surface area contributed by atoms with E-state index in [1.807, 2.05) is 19.1 Å². The van der Waals surface area contributed by atoms with Gasteiger partial charge in [-0.3, -0.25) is 9.59 Å². The minimum Gasteiger partial charge on any atom is -0.484 e. The van der Waals surface area contributed by atoms with Gasteiger partial charge in [-0.2, -0.15) is 0 Å². The number of fused-ring (bicyclic) bond motifs is 1. The van der Waals surface area contributed by atoms with E-state index in [4.69, 9.17) is 16.3 Å². The number of nitrogens with zero attached hydrogens (tertiary/aromatic N) is 1. The van der Waals surface area contributed by atoms with E-state index in [1.165, 1.54) is 6.92 Å². The van der Waals surface area contributed by atoms with E-state index in [-0.39, 0.29) is 18.3 Å². The van der Waals surface area contributed by atoms with Crippen LogP contribution in [0.3, 0.4) is 0 Å². The van der Waals surface area contributed by atoms with Crippen LogP contribution in [0.5, 0.6) is 5.75 Å². The number of halogens is 1. The predicted octanol–water partition coefficient (Wildman–Crippen LogP) is 4.21. The van der Waals surface area contributed by atoms with Crippen LogP contribution in [0.2, 0.25) is 5.02 Å². The topological polar surface area (TPSA) is 46.6 Å². The molecule has 0 aromatic heterocycles. The van der Waals surface area contributed by atoms with Crippen molar-refractivity contribution in [1.29, 1.82) is 0 Å². The van der Waals surface area contributed by atoms with Crippen LogP contribution >= 0.6 is 11.6 Å². The molecule has 2 aromatic carbocycles. The van der Waals surface area contributed by atoms with Crippen LogP contribution in [-0.2, 0) is 11.2 Å². The lowest BCUT2D eigenvalue weighted by molar-refractivity contribution is -0.120. The monoisotopic (exact) mass is 357 g/mol. The molecule has 0 saturated carbocycles. The molecular formula is C20H20ClNO3. The van der Waals surface area contributed by atoms with Gasteiger partial charge in [-0.05, 0) is 74.2 Å². The van der Waals surface area contributed by atoms with Crippen LogP contribution in [0.15, 0.2) is 36.4 Å². The standard InChI is InChI=1S/C20H20ClNO3/c1-13-10-17(21)11-16-4-3-9-22(20(13)16)19(24)12-25-18-7-5-15(6-8-18)14(2)23/h5-8,10-11H,3-4,9,12H2,1-2H3. The molecule has 0 spiro atoms. The van der Waals surface area contributed by atoms with Crippen molar-refractivity contribution in [2.75, 3.05) is 18.1 Å². The van der Waals surface area contributed by atoms with E-state index in [2.05, 4.69) is 0 Å². The van der Waals surface area contributed by atoms with Crippen LogP contribution in [0, 0.1) is 6.92 Å². The van der Waals surface area contributed by atoms with Gasteiger partial charge in [-0.15, -0.1) is 0 Å². The highest BCUT2D eigenvalue weighted by Gasteiger charge is 2.25. The van der Waals surface area contributed by atoms with Crippen molar-refractivity contribution in [3.63, 3.8) is 0 Å². The first-order valence-corrected chi connectivity index (χ1v) is 8.66. The summed E-state index contributed by atoms with van der Waals surface area (Å²) in [6.07, 6.45) is 1.83. The van der Waals surface area contributed by atoms with Gasteiger partial charge < -0.3 is 9.64 Å². The lowest BCUT2D eigenvalue weighted by atomic mass is 9.98. The SMILES string of the molecule is CC(=O)c1ccc(OCC(=O)N2CCCc3cc(Cl)cc(C)c32)cc1. The second kappa shape index (κ2) is 7.28. The highest BCUT2D eigenvalue weighted by molar-refractivity contribution is 6.30. The summed E-state index contributed by atoms with van der Waals surface area (Å²) in [5.74, 6) is 0.493. The number of benzene rings is 2. The number of ether oxygens (including phenoxy) is 1. The number of rotatable bonds is 4. The van der Waals surface area contributed by atoms with E-state index in [0.29, 0.717) is 22.9 Å². The van der Waals surface area contributed by atoms with Crippen molar-refractivity contribution < 1.29 is 14.3 Å². The molecule has 0 radical (unpaired) electrons. The Morgan fingerprint density at radius 1 is 1.20 bits per heavy atom. The van der Waals surface area contributed by atoms with Crippen LogP contribution in [-0.4, -0.2) is 24.8 Å². The fraction of sp³-hybridized carbons (Fsp3) is 0.300. The van der Waals surface area contributed by atoms with Crippen LogP contribution in [0.4, 0.5) is 5.69 Å². The van der Waals surface area contributed by atoms with E-state index in [9.17, 15) is 9.59 Å². The summed E-state index contributed by atoms with van der Waals surface area (Å²) in [4.78, 5) is 25.7. The van der Waals surface area contributed by atoms with Gasteiger partial charge in [0.15, 0.2) is 12.4 Å². The molecule has 5 heteroatoms. The number of Topliss-reactive ketones (excluding diaryl/α,β-unsaturated/α-hetero) is 1. The maximum atomic E-state index is 12.7. The molecule has 0 unspecified atom stereocenters.